The molecule has 9 aromatic rings. The van der Waals surface area contributed by atoms with Crippen LogP contribution in [0, 0.1) is 6.92 Å². The topological polar surface area (TPSA) is 38.7 Å². The van der Waals surface area contributed by atoms with Gasteiger partial charge in [0.25, 0.3) is 0 Å². The number of hydrogen-bond acceptors (Lipinski definition) is 3. The van der Waals surface area contributed by atoms with E-state index in [0.29, 0.717) is 5.75 Å². The first-order valence-corrected chi connectivity index (χ1v) is 19.4. The molecule has 0 aliphatic heterocycles. The Bertz CT molecular complexity index is 2900. The molecule has 0 saturated heterocycles. The molecule has 10 rings (SSSR count). The zero-order valence-corrected chi connectivity index (χ0v) is 31.8. The fraction of sp³-hybridized carbons (Fsp3) is 0.0741. The Morgan fingerprint density at radius 3 is 1.58 bits per heavy atom. The monoisotopic (exact) mass is 736 g/mol. The highest BCUT2D eigenvalue weighted by Crippen LogP contribution is 2.59. The molecule has 0 bridgehead atoms. The molecule has 0 radical (unpaired) electrons. The minimum atomic E-state index is -1.37. The van der Waals surface area contributed by atoms with Crippen LogP contribution in [0.25, 0.3) is 32.7 Å². The van der Waals surface area contributed by atoms with E-state index in [-0.39, 0.29) is 0 Å². The normalized spacial score (nSPS) is 15.5. The third kappa shape index (κ3) is 5.46. The van der Waals surface area contributed by atoms with Gasteiger partial charge in [-0.2, -0.15) is 0 Å². The zero-order valence-electron chi connectivity index (χ0n) is 31.8. The minimum absolute atomic E-state index is 0.577. The maximum Gasteiger partial charge on any atom is 0.140 e. The van der Waals surface area contributed by atoms with Crippen molar-refractivity contribution in [3.63, 3.8) is 0 Å². The van der Waals surface area contributed by atoms with Gasteiger partial charge in [-0.05, 0) is 115 Å². The third-order valence-corrected chi connectivity index (χ3v) is 11.9. The lowest BCUT2D eigenvalue weighted by Gasteiger charge is -2.35. The van der Waals surface area contributed by atoms with Crippen molar-refractivity contribution in [3.05, 3.63) is 245 Å². The second kappa shape index (κ2) is 13.7. The lowest BCUT2D eigenvalue weighted by atomic mass is 9.66. The second-order valence-corrected chi connectivity index (χ2v) is 15.0. The van der Waals surface area contributed by atoms with Gasteiger partial charge in [0.2, 0.25) is 0 Å². The largest absolute Gasteiger partial charge is 0.497 e. The van der Waals surface area contributed by atoms with Crippen LogP contribution >= 0.6 is 0 Å². The standard InChI is InChI=1S/C54H40O3/c1-36-16-20-39(21-17-36)53(50-35-19-37-10-6-8-14-47(37)51(50)49-34-18-38-11-7-9-15-48(38)52(49)53)40-22-30-45(31-23-40)57-46-32-26-43(27-33-46)54(55,41-12-4-3-5-13-41)42-24-28-44(56-2)29-25-42/h3-35,55H,1-2H3. The first-order chi connectivity index (χ1) is 28.0. The van der Waals surface area contributed by atoms with Crippen LogP contribution in [0.2, 0.25) is 0 Å². The predicted molar refractivity (Wildman–Crippen MR) is 232 cm³/mol. The molecule has 2 atom stereocenters. The lowest BCUT2D eigenvalue weighted by Crippen LogP contribution is -2.29. The van der Waals surface area contributed by atoms with E-state index in [1.165, 1.54) is 60.5 Å². The maximum absolute atomic E-state index is 12.4. The average Bonchev–Trinajstić information content (AvgIpc) is 3.59. The number of methoxy groups -OCH3 is 1. The summed E-state index contributed by atoms with van der Waals surface area (Å²) in [6, 6.07) is 69.5. The van der Waals surface area contributed by atoms with Crippen LogP contribution in [0.1, 0.15) is 44.5 Å². The quantitative estimate of drug-likeness (QED) is 0.158. The van der Waals surface area contributed by atoms with E-state index in [4.69, 9.17) is 9.47 Å². The summed E-state index contributed by atoms with van der Waals surface area (Å²) in [6.07, 6.45) is 0. The van der Waals surface area contributed by atoms with Gasteiger partial charge in [0.1, 0.15) is 22.8 Å². The van der Waals surface area contributed by atoms with Crippen molar-refractivity contribution < 1.29 is 14.6 Å². The molecule has 1 aliphatic rings. The third-order valence-electron chi connectivity index (χ3n) is 11.9. The summed E-state index contributed by atoms with van der Waals surface area (Å²) >= 11 is 0. The number of ether oxygens (including phenoxy) is 2. The molecule has 57 heavy (non-hydrogen) atoms. The summed E-state index contributed by atoms with van der Waals surface area (Å²) < 4.78 is 11.9. The predicted octanol–water partition coefficient (Wildman–Crippen LogP) is 12.7. The highest BCUT2D eigenvalue weighted by molar-refractivity contribution is 6.08. The van der Waals surface area contributed by atoms with Crippen molar-refractivity contribution in [3.8, 4) is 28.4 Å². The Morgan fingerprint density at radius 1 is 0.456 bits per heavy atom. The van der Waals surface area contributed by atoms with Crippen molar-refractivity contribution >= 4 is 21.5 Å². The van der Waals surface area contributed by atoms with Crippen molar-refractivity contribution in [2.45, 2.75) is 17.9 Å². The summed E-state index contributed by atoms with van der Waals surface area (Å²) in [7, 11) is 1.64. The van der Waals surface area contributed by atoms with Gasteiger partial charge in [-0.15, -0.1) is 0 Å². The van der Waals surface area contributed by atoms with Gasteiger partial charge in [0, 0.05) is 0 Å². The lowest BCUT2D eigenvalue weighted by molar-refractivity contribution is 0.125. The number of aryl methyl sites for hydroxylation is 1. The molecule has 0 aromatic heterocycles. The first-order valence-electron chi connectivity index (χ1n) is 19.4. The highest BCUT2D eigenvalue weighted by atomic mass is 16.5. The molecule has 1 N–H and O–H groups in total. The van der Waals surface area contributed by atoms with Gasteiger partial charge < -0.3 is 14.6 Å². The molecule has 0 saturated carbocycles. The smallest absolute Gasteiger partial charge is 0.140 e. The van der Waals surface area contributed by atoms with E-state index in [9.17, 15) is 5.11 Å². The molecule has 3 heteroatoms. The Morgan fingerprint density at radius 2 is 0.947 bits per heavy atom. The summed E-state index contributed by atoms with van der Waals surface area (Å²) in [5.41, 5.74) is 9.09. The maximum atomic E-state index is 12.4. The van der Waals surface area contributed by atoms with Crippen molar-refractivity contribution in [2.75, 3.05) is 7.11 Å². The Kier molecular flexibility index (Phi) is 8.28. The Hall–Kier alpha value is -6.94. The Balaban J connectivity index is 1.08. The molecule has 0 heterocycles. The van der Waals surface area contributed by atoms with E-state index in [2.05, 4.69) is 128 Å². The Labute approximate surface area is 333 Å². The molecule has 3 nitrogen and oxygen atoms in total. The number of benzene rings is 9. The van der Waals surface area contributed by atoms with Crippen LogP contribution < -0.4 is 9.47 Å². The molecule has 274 valence electrons. The fourth-order valence-corrected chi connectivity index (χ4v) is 9.15. The van der Waals surface area contributed by atoms with Crippen molar-refractivity contribution in [2.24, 2.45) is 0 Å². The van der Waals surface area contributed by atoms with E-state index >= 15 is 0 Å². The van der Waals surface area contributed by atoms with E-state index in [0.717, 1.165) is 28.2 Å². The SMILES string of the molecule is COc1ccc(C(O)(c2ccccc2)c2ccc(Oc3ccc(C4(c5ccc(C)cc5)c5ccc6ccccc6c5-c5ccc6ccccc6c54)cc3)cc2)cc1. The second-order valence-electron chi connectivity index (χ2n) is 15.0. The molecule has 0 amide bonds. The number of aliphatic hydroxyl groups is 1. The summed E-state index contributed by atoms with van der Waals surface area (Å²) in [5.74, 6) is 2.14. The van der Waals surface area contributed by atoms with Gasteiger partial charge in [-0.25, -0.2) is 0 Å². The van der Waals surface area contributed by atoms with Crippen LogP contribution in [0.4, 0.5) is 0 Å². The number of fused-ring (bicyclic) bond motifs is 7. The number of hydrogen-bond donors (Lipinski definition) is 1. The summed E-state index contributed by atoms with van der Waals surface area (Å²) in [6.45, 7) is 2.15. The summed E-state index contributed by atoms with van der Waals surface area (Å²) in [4.78, 5) is 0. The van der Waals surface area contributed by atoms with E-state index < -0.39 is 11.0 Å². The molecule has 0 spiro atoms. The van der Waals surface area contributed by atoms with E-state index in [1.807, 2.05) is 78.9 Å². The van der Waals surface area contributed by atoms with Gasteiger partial charge in [-0.3, -0.25) is 0 Å². The van der Waals surface area contributed by atoms with Gasteiger partial charge in [-0.1, -0.05) is 169 Å². The van der Waals surface area contributed by atoms with Crippen LogP contribution in [0.3, 0.4) is 0 Å². The van der Waals surface area contributed by atoms with Gasteiger partial charge in [0.15, 0.2) is 0 Å². The minimum Gasteiger partial charge on any atom is -0.497 e. The van der Waals surface area contributed by atoms with Crippen molar-refractivity contribution in [1.29, 1.82) is 0 Å². The molecule has 1 aliphatic carbocycles. The summed E-state index contributed by atoms with van der Waals surface area (Å²) in [5, 5.41) is 17.4. The highest BCUT2D eigenvalue weighted by Gasteiger charge is 2.47. The van der Waals surface area contributed by atoms with Crippen LogP contribution in [-0.2, 0) is 11.0 Å². The molecular weight excluding hydrogens is 697 g/mol. The zero-order chi connectivity index (χ0) is 38.6. The average molecular weight is 737 g/mol. The first kappa shape index (κ1) is 34.5. The molecule has 0 fully saturated rings. The van der Waals surface area contributed by atoms with Gasteiger partial charge >= 0.3 is 0 Å². The fourth-order valence-electron chi connectivity index (χ4n) is 9.15. The van der Waals surface area contributed by atoms with Crippen LogP contribution in [-0.4, -0.2) is 12.2 Å². The molecule has 9 aromatic carbocycles. The van der Waals surface area contributed by atoms with Crippen molar-refractivity contribution in [1.82, 2.24) is 0 Å². The molecular formula is C54H40O3. The van der Waals surface area contributed by atoms with Gasteiger partial charge in [0.05, 0.1) is 12.5 Å². The van der Waals surface area contributed by atoms with E-state index in [1.54, 1.807) is 7.11 Å². The number of rotatable bonds is 8. The van der Waals surface area contributed by atoms with Crippen LogP contribution in [0.15, 0.2) is 200 Å². The van der Waals surface area contributed by atoms with Crippen LogP contribution in [0.5, 0.6) is 17.2 Å². The molecule has 2 unspecified atom stereocenters.